The summed E-state index contributed by atoms with van der Waals surface area (Å²) in [6.45, 7) is 17.7. The van der Waals surface area contributed by atoms with E-state index in [1.165, 1.54) is 0 Å². The molecule has 0 radical (unpaired) electrons. The third-order valence-electron chi connectivity index (χ3n) is 19.3. The van der Waals surface area contributed by atoms with Crippen molar-refractivity contribution in [3.63, 3.8) is 0 Å². The SMILES string of the molecule is CC1=CC(=Nc2c(OCCCN(C)C)nn3ccccc23)C(=N)c2cc[nH]c21.CC1=CC(=Nc2c(OCCN(C)C)nn3ccccc23)C(=N)c2c1[nH]c(C)c2C.CC1=CC(=Nc2c(OCCN(C)C)nn3ccccc23)C(=N)c2cc[nH]c21.CCC1=CC(=Nc2c(OCCN(C)C)nn3ccccc23)C(=N)c2cc[nH]c21. The van der Waals surface area contributed by atoms with Crippen molar-refractivity contribution in [1.29, 1.82) is 21.6 Å². The second-order valence-electron chi connectivity index (χ2n) is 28.6. The monoisotopic (exact) mass is 1500 g/mol. The normalized spacial score (nSPS) is 15.4. The van der Waals surface area contributed by atoms with Crippen LogP contribution in [0.5, 0.6) is 23.5 Å². The first kappa shape index (κ1) is 77.4. The summed E-state index contributed by atoms with van der Waals surface area (Å²) in [4.78, 5) is 40.6. The Morgan fingerprint density at radius 1 is 0.384 bits per heavy atom. The number of allylic oxidation sites excluding steroid dienone is 8. The number of rotatable bonds is 22. The van der Waals surface area contributed by atoms with Gasteiger partial charge in [-0.05, 0) is 223 Å². The van der Waals surface area contributed by atoms with E-state index in [2.05, 4.69) is 66.9 Å². The van der Waals surface area contributed by atoms with Gasteiger partial charge in [-0.25, -0.2) is 38.0 Å². The first-order valence-electron chi connectivity index (χ1n) is 37.2. The molecule has 0 aromatic carbocycles. The maximum absolute atomic E-state index is 8.78. The van der Waals surface area contributed by atoms with Crippen molar-refractivity contribution < 1.29 is 18.9 Å². The Balaban J connectivity index is 0.000000131. The summed E-state index contributed by atoms with van der Waals surface area (Å²) < 4.78 is 30.8. The molecule has 576 valence electrons. The van der Waals surface area contributed by atoms with E-state index in [1.54, 1.807) is 18.1 Å². The number of aryl methyl sites for hydroxylation is 1. The van der Waals surface area contributed by atoms with Gasteiger partial charge in [0, 0.05) is 97.5 Å². The van der Waals surface area contributed by atoms with Crippen LogP contribution in [-0.4, -0.2) is 233 Å². The van der Waals surface area contributed by atoms with Gasteiger partial charge in [0.05, 0.1) is 97.1 Å². The minimum Gasteiger partial charge on any atom is -0.475 e. The lowest BCUT2D eigenvalue weighted by Crippen LogP contribution is -2.20. The van der Waals surface area contributed by atoms with Crippen molar-refractivity contribution in [3.05, 3.63) is 215 Å². The van der Waals surface area contributed by atoms with Crippen molar-refractivity contribution in [2.75, 3.05) is 109 Å². The van der Waals surface area contributed by atoms with Gasteiger partial charge in [0.2, 0.25) is 0 Å². The summed E-state index contributed by atoms with van der Waals surface area (Å²) in [6.07, 6.45) is 22.6. The Morgan fingerprint density at radius 3 is 1.06 bits per heavy atom. The Labute approximate surface area is 650 Å². The number of fused-ring (bicyclic) bond motifs is 8. The molecular formula is C84H96N24O4. The molecule has 4 aliphatic carbocycles. The fourth-order valence-electron chi connectivity index (χ4n) is 13.2. The van der Waals surface area contributed by atoms with Crippen molar-refractivity contribution in [2.45, 2.75) is 54.4 Å². The minimum atomic E-state index is 0.395. The molecule has 0 atom stereocenters. The van der Waals surface area contributed by atoms with E-state index in [4.69, 9.17) is 60.6 Å². The highest BCUT2D eigenvalue weighted by Gasteiger charge is 2.29. The molecule has 0 saturated carbocycles. The quantitative estimate of drug-likeness (QED) is 0.0294. The zero-order valence-corrected chi connectivity index (χ0v) is 65.9. The predicted molar refractivity (Wildman–Crippen MR) is 449 cm³/mol. The van der Waals surface area contributed by atoms with E-state index in [1.807, 2.05) is 250 Å². The number of nitrogens with one attached hydrogen (secondary N) is 8. The molecule has 16 rings (SSSR count). The highest BCUT2D eigenvalue weighted by atomic mass is 16.5. The zero-order chi connectivity index (χ0) is 79.0. The number of hydrogen-bond donors (Lipinski definition) is 8. The Morgan fingerprint density at radius 2 is 0.705 bits per heavy atom. The first-order valence-corrected chi connectivity index (χ1v) is 37.2. The van der Waals surface area contributed by atoms with Crippen LogP contribution in [0.25, 0.3) is 44.4 Å². The van der Waals surface area contributed by atoms with E-state index in [0.29, 0.717) is 118 Å². The molecule has 0 amide bonds. The average Bonchev–Trinajstić information content (AvgIpc) is 1.37. The molecule has 0 unspecified atom stereocenters. The third-order valence-corrected chi connectivity index (χ3v) is 19.3. The van der Waals surface area contributed by atoms with Crippen LogP contribution in [0.1, 0.15) is 96.8 Å². The number of hydrogen-bond acceptors (Lipinski definition) is 20. The van der Waals surface area contributed by atoms with Crippen LogP contribution in [0.15, 0.2) is 179 Å². The van der Waals surface area contributed by atoms with E-state index in [0.717, 1.165) is 140 Å². The van der Waals surface area contributed by atoms with Crippen molar-refractivity contribution in [2.24, 2.45) is 20.0 Å². The van der Waals surface area contributed by atoms with Gasteiger partial charge in [0.15, 0.2) is 22.7 Å². The molecule has 8 N–H and O–H groups in total. The maximum atomic E-state index is 8.78. The van der Waals surface area contributed by atoms with Gasteiger partial charge in [-0.2, -0.15) is 0 Å². The van der Waals surface area contributed by atoms with E-state index >= 15 is 0 Å². The van der Waals surface area contributed by atoms with Crippen LogP contribution >= 0.6 is 0 Å². The van der Waals surface area contributed by atoms with Crippen LogP contribution in [-0.2, 0) is 0 Å². The van der Waals surface area contributed by atoms with Crippen LogP contribution in [0, 0.1) is 35.5 Å². The maximum Gasteiger partial charge on any atom is 0.260 e. The molecule has 0 bridgehead atoms. The fourth-order valence-corrected chi connectivity index (χ4v) is 13.2. The molecule has 0 aliphatic heterocycles. The molecule has 12 heterocycles. The zero-order valence-electron chi connectivity index (χ0n) is 65.9. The van der Waals surface area contributed by atoms with Gasteiger partial charge >= 0.3 is 0 Å². The number of aromatic nitrogens is 12. The number of nitrogens with zero attached hydrogens (tertiary/aromatic N) is 16. The lowest BCUT2D eigenvalue weighted by molar-refractivity contribution is 0.253. The molecule has 112 heavy (non-hydrogen) atoms. The van der Waals surface area contributed by atoms with Crippen LogP contribution in [0.4, 0.5) is 22.7 Å². The fraction of sp³-hybridized carbons (Fsp3) is 0.286. The third kappa shape index (κ3) is 16.7. The summed E-state index contributed by atoms with van der Waals surface area (Å²) in [5.74, 6) is 1.95. The lowest BCUT2D eigenvalue weighted by atomic mass is 9.92. The number of aromatic amines is 4. The molecule has 0 fully saturated rings. The van der Waals surface area contributed by atoms with Crippen LogP contribution < -0.4 is 18.9 Å². The Kier molecular flexibility index (Phi) is 23.5. The number of ether oxygens (including phenoxy) is 4. The Bertz CT molecular complexity index is 5810. The molecule has 28 nitrogen and oxygen atoms in total. The molecule has 0 saturated heterocycles. The highest BCUT2D eigenvalue weighted by molar-refractivity contribution is 6.56. The van der Waals surface area contributed by atoms with Crippen LogP contribution in [0.3, 0.4) is 0 Å². The Hall–Kier alpha value is -12.8. The topological polar surface area (TPSA) is 327 Å². The number of pyridine rings is 4. The van der Waals surface area contributed by atoms with Gasteiger partial charge in [-0.15, -0.1) is 20.4 Å². The highest BCUT2D eigenvalue weighted by Crippen LogP contribution is 2.40. The van der Waals surface area contributed by atoms with E-state index in [-0.39, 0.29) is 0 Å². The summed E-state index contributed by atoms with van der Waals surface area (Å²) in [5, 5.41) is 52.7. The van der Waals surface area contributed by atoms with Gasteiger partial charge in [-0.1, -0.05) is 31.2 Å². The number of aliphatic imine (C=N–C) groups is 4. The molecule has 12 aromatic rings. The van der Waals surface area contributed by atoms with Gasteiger partial charge in [-0.3, -0.25) is 21.6 Å². The molecule has 28 heteroatoms. The van der Waals surface area contributed by atoms with E-state index < -0.39 is 0 Å². The molecule has 12 aromatic heterocycles. The summed E-state index contributed by atoms with van der Waals surface area (Å²) in [5.41, 5.74) is 24.1. The second-order valence-corrected chi connectivity index (χ2v) is 28.6. The first-order chi connectivity index (χ1) is 54.0. The van der Waals surface area contributed by atoms with Crippen LogP contribution in [0.2, 0.25) is 0 Å². The number of likely N-dealkylation sites (N-methyl/N-ethyl adjacent to an activating group) is 3. The summed E-state index contributed by atoms with van der Waals surface area (Å²) in [7, 11) is 16.1. The van der Waals surface area contributed by atoms with Gasteiger partial charge < -0.3 is 58.5 Å². The smallest absolute Gasteiger partial charge is 0.260 e. The van der Waals surface area contributed by atoms with Crippen molar-refractivity contribution >= 4 is 113 Å². The lowest BCUT2D eigenvalue weighted by Gasteiger charge is -2.15. The van der Waals surface area contributed by atoms with Crippen molar-refractivity contribution in [1.82, 2.24) is 78.0 Å². The molecule has 0 spiro atoms. The number of H-pyrrole nitrogens is 4. The molecule has 4 aliphatic rings. The molecular weight excluding hydrogens is 1410 g/mol. The van der Waals surface area contributed by atoms with Gasteiger partial charge in [0.25, 0.3) is 23.5 Å². The standard InChI is InChI=1S/C22H26N6O.2C21H24N6O.C20H22N6O/c1-13-12-16(19(23)18-14(2)15(3)24-20(13)18)25-21-17-8-6-7-9-28(17)26-22(21)29-11-10-27(4)5;1-14-13-16(18(22)15-8-9-23-19(14)15)24-20-17-7-4-5-11-27(17)25-21(20)28-12-6-10-26(2)3;1-4-14-13-16(18(22)15-8-9-23-19(14)15)24-20-17-7-5-6-10-27(17)25-21(20)28-12-11-26(2)3;1-13-12-15(17(21)14-7-8-22-18(13)14)23-19-16-6-4-5-9-26(16)24-20(19)27-11-10-25(2)3/h6-9,12,23-24H,10-11H2,1-5H3;4-5,7-9,11,13,22-23H,6,10,12H2,1-3H3;5-10,13,22-23H,4,11-12H2,1-3H3;4-9,12,21-22H,10-11H2,1-3H3. The van der Waals surface area contributed by atoms with E-state index in [9.17, 15) is 0 Å². The summed E-state index contributed by atoms with van der Waals surface area (Å²) >= 11 is 0. The average molecular weight is 1510 g/mol. The predicted octanol–water partition coefficient (Wildman–Crippen LogP) is 14.0. The minimum absolute atomic E-state index is 0.395. The largest absolute Gasteiger partial charge is 0.475 e. The summed E-state index contributed by atoms with van der Waals surface area (Å²) in [6, 6.07) is 29.1. The van der Waals surface area contributed by atoms with Crippen molar-refractivity contribution in [3.8, 4) is 23.5 Å². The van der Waals surface area contributed by atoms with Gasteiger partial charge in [0.1, 0.15) is 19.8 Å². The second kappa shape index (κ2) is 34.0.